The van der Waals surface area contributed by atoms with Gasteiger partial charge in [-0.1, -0.05) is 27.7 Å². The molecule has 1 saturated heterocycles. The number of aromatic nitrogens is 2. The summed E-state index contributed by atoms with van der Waals surface area (Å²) < 4.78 is 25.3. The molecule has 5 N–H and O–H groups in total. The zero-order valence-corrected chi connectivity index (χ0v) is 33.2. The number of epoxide rings is 1. The van der Waals surface area contributed by atoms with Crippen LogP contribution < -0.4 is 21.6 Å². The summed E-state index contributed by atoms with van der Waals surface area (Å²) in [6.45, 7) is 6.65. The third-order valence-electron chi connectivity index (χ3n) is 12.0. The normalized spacial score (nSPS) is 28.5. The van der Waals surface area contributed by atoms with Gasteiger partial charge >= 0.3 is 5.97 Å². The standard InChI is InChI=1S/C42H40N6O7S2/c1-21-10-31(49)36-33(52-21)14-32-27(37(36)50)16-42-8-6-25(15-40(42,2)53-32)57-56-20-28-26(13-24(46-38(28)44)18-48-17-23-7-9-45-30(23)19-48)29-11-22(12-35(43)47-29)4-5-34-41(3,54-34)39(51)55-42/h6-14,19,25,34,50H,4-5,15-18,20H2,1-3H3,(H2,43,47)(H2,44,46)/t25-,34+,40-,41+,42+/m0/s1. The van der Waals surface area contributed by atoms with Crippen molar-refractivity contribution in [1.29, 1.82) is 0 Å². The molecule has 1 aliphatic carbocycles. The number of esters is 1. The Balaban J connectivity index is 1.02. The molecule has 15 heteroatoms. The van der Waals surface area contributed by atoms with E-state index in [9.17, 15) is 14.7 Å². The number of pyridine rings is 2. The summed E-state index contributed by atoms with van der Waals surface area (Å²) in [6, 6.07) is 8.94. The number of carbonyl (C=O) groups is 1. The van der Waals surface area contributed by atoms with Gasteiger partial charge in [0.25, 0.3) is 0 Å². The minimum atomic E-state index is -1.32. The maximum atomic E-state index is 14.2. The smallest absolute Gasteiger partial charge is 0.341 e. The second-order valence-electron chi connectivity index (χ2n) is 16.0. The number of nitrogen functional groups attached to an aromatic ring is 2. The van der Waals surface area contributed by atoms with Crippen LogP contribution in [0.15, 0.2) is 80.2 Å². The van der Waals surface area contributed by atoms with Crippen molar-refractivity contribution < 1.29 is 28.5 Å². The molecule has 0 amide bonds. The number of aliphatic imine (C=N–C) groups is 1. The molecule has 4 bridgehead atoms. The second-order valence-corrected chi connectivity index (χ2v) is 18.6. The Bertz CT molecular complexity index is 2620. The third-order valence-corrected chi connectivity index (χ3v) is 14.6. The molecule has 292 valence electrons. The number of aromatic hydroxyl groups is 1. The number of ether oxygens (including phenoxy) is 3. The van der Waals surface area contributed by atoms with E-state index >= 15 is 0 Å². The molecule has 5 atom stereocenters. The summed E-state index contributed by atoms with van der Waals surface area (Å²) in [5, 5.41) is 11.5. The van der Waals surface area contributed by atoms with Gasteiger partial charge in [0.15, 0.2) is 22.2 Å². The van der Waals surface area contributed by atoms with Gasteiger partial charge in [0.05, 0.1) is 29.7 Å². The molecule has 0 saturated carbocycles. The summed E-state index contributed by atoms with van der Waals surface area (Å²) >= 11 is 0. The number of nitrogens with zero attached hydrogens (tertiary/aromatic N) is 4. The fraction of sp³-hybridized carbons (Fsp3) is 0.357. The Morgan fingerprint density at radius 1 is 1.07 bits per heavy atom. The Kier molecular flexibility index (Phi) is 8.16. The molecule has 13 nitrogen and oxygen atoms in total. The average Bonchev–Trinajstić information content (AvgIpc) is 3.40. The Morgan fingerprint density at radius 3 is 2.77 bits per heavy atom. The number of nitrogens with two attached hydrogens (primary N) is 2. The number of hydrogen-bond acceptors (Lipinski definition) is 15. The lowest BCUT2D eigenvalue weighted by Gasteiger charge is -2.52. The number of carbonyl (C=O) groups excluding carboxylic acids is 1. The topological polar surface area (TPSA) is 192 Å². The molecule has 0 unspecified atom stereocenters. The highest BCUT2D eigenvalue weighted by Gasteiger charge is 2.64. The molecular formula is C42H40N6O7S2. The van der Waals surface area contributed by atoms with E-state index in [2.05, 4.69) is 16.0 Å². The average molecular weight is 805 g/mol. The number of phenolic OH excluding ortho intramolecular Hbond substituents is 1. The van der Waals surface area contributed by atoms with Crippen molar-refractivity contribution >= 4 is 56.4 Å². The fourth-order valence-corrected chi connectivity index (χ4v) is 11.5. The van der Waals surface area contributed by atoms with Crippen LogP contribution in [-0.2, 0) is 39.4 Å². The van der Waals surface area contributed by atoms with E-state index in [-0.39, 0.29) is 33.8 Å². The minimum Gasteiger partial charge on any atom is -0.507 e. The predicted octanol–water partition coefficient (Wildman–Crippen LogP) is 6.09. The van der Waals surface area contributed by atoms with E-state index in [1.807, 2.05) is 49.7 Å². The molecule has 1 aromatic carbocycles. The number of allylic oxidation sites excluding steroid dienone is 1. The predicted molar refractivity (Wildman–Crippen MR) is 220 cm³/mol. The second kappa shape index (κ2) is 12.9. The van der Waals surface area contributed by atoms with Crippen molar-refractivity contribution in [3.8, 4) is 22.8 Å². The largest absolute Gasteiger partial charge is 0.507 e. The number of benzene rings is 1. The van der Waals surface area contributed by atoms with Crippen molar-refractivity contribution in [3.05, 3.63) is 104 Å². The van der Waals surface area contributed by atoms with Crippen molar-refractivity contribution in [2.75, 3.05) is 18.0 Å². The van der Waals surface area contributed by atoms with Gasteiger partial charge in [0, 0.05) is 77.2 Å². The maximum absolute atomic E-state index is 14.2. The van der Waals surface area contributed by atoms with E-state index in [1.165, 1.54) is 11.6 Å². The van der Waals surface area contributed by atoms with E-state index in [4.69, 9.17) is 40.1 Å². The lowest BCUT2D eigenvalue weighted by molar-refractivity contribution is -0.186. The third kappa shape index (κ3) is 6.00. The van der Waals surface area contributed by atoms with Gasteiger partial charge < -0.3 is 40.1 Å². The van der Waals surface area contributed by atoms with Gasteiger partial charge in [-0.2, -0.15) is 0 Å². The number of anilines is 2. The minimum absolute atomic E-state index is 0.0563. The van der Waals surface area contributed by atoms with Crippen LogP contribution in [0.2, 0.25) is 0 Å². The first kappa shape index (κ1) is 36.1. The number of phenols is 1. The summed E-state index contributed by atoms with van der Waals surface area (Å²) in [7, 11) is 3.29. The van der Waals surface area contributed by atoms with E-state index in [0.29, 0.717) is 66.0 Å². The van der Waals surface area contributed by atoms with Crippen molar-refractivity contribution in [1.82, 2.24) is 14.9 Å². The van der Waals surface area contributed by atoms with Crippen LogP contribution in [0.1, 0.15) is 54.8 Å². The van der Waals surface area contributed by atoms with Crippen molar-refractivity contribution in [3.63, 3.8) is 0 Å². The molecule has 3 aromatic heterocycles. The number of hydrogen-bond donors (Lipinski definition) is 3. The van der Waals surface area contributed by atoms with Gasteiger partial charge in [-0.15, -0.1) is 0 Å². The van der Waals surface area contributed by atoms with Gasteiger partial charge in [-0.3, -0.25) is 9.79 Å². The SMILES string of the molecule is Cc1cc(=O)c2c(O)c3c(cc2o1)O[C@@]1(C)C[C@@H]2C=C[C@]1(C3)OC(=O)[C@]1(C)O[C@@H]1CCc1cc(N)nc(c1)-c1cc(CN3C=C4N=CC=C4C3)nc(N)c1CSS2. The van der Waals surface area contributed by atoms with Crippen LogP contribution >= 0.6 is 21.6 Å². The molecule has 11 rings (SSSR count). The maximum Gasteiger partial charge on any atom is 0.341 e. The zero-order chi connectivity index (χ0) is 39.4. The number of rotatable bonds is 2. The summed E-state index contributed by atoms with van der Waals surface area (Å²) in [5.41, 5.74) is 16.2. The monoisotopic (exact) mass is 804 g/mol. The molecule has 9 heterocycles. The van der Waals surface area contributed by atoms with E-state index in [0.717, 1.165) is 34.6 Å². The molecule has 1 spiro atoms. The lowest BCUT2D eigenvalue weighted by Crippen LogP contribution is -2.64. The lowest BCUT2D eigenvalue weighted by atomic mass is 9.70. The highest BCUT2D eigenvalue weighted by atomic mass is 33.1. The zero-order valence-electron chi connectivity index (χ0n) is 31.5. The molecule has 6 aliphatic heterocycles. The van der Waals surface area contributed by atoms with Gasteiger partial charge in [-0.25, -0.2) is 14.8 Å². The Morgan fingerprint density at radius 2 is 1.93 bits per heavy atom. The highest BCUT2D eigenvalue weighted by molar-refractivity contribution is 8.76. The van der Waals surface area contributed by atoms with Crippen molar-refractivity contribution in [2.45, 2.75) is 86.9 Å². The first-order chi connectivity index (χ1) is 27.3. The summed E-state index contributed by atoms with van der Waals surface area (Å²) in [6.07, 6.45) is 11.1. The van der Waals surface area contributed by atoms with E-state index < -0.39 is 28.9 Å². The Labute approximate surface area is 335 Å². The van der Waals surface area contributed by atoms with Crippen LogP contribution in [0.5, 0.6) is 11.5 Å². The Hall–Kier alpha value is -5.25. The first-order valence-electron chi connectivity index (χ1n) is 18.9. The quantitative estimate of drug-likeness (QED) is 0.0913. The molecule has 1 fully saturated rings. The highest BCUT2D eigenvalue weighted by Crippen LogP contribution is 2.54. The van der Waals surface area contributed by atoms with Gasteiger partial charge in [0.2, 0.25) is 0 Å². The van der Waals surface area contributed by atoms with Crippen LogP contribution in [0.25, 0.3) is 22.2 Å². The van der Waals surface area contributed by atoms with Crippen LogP contribution in [0.3, 0.4) is 0 Å². The number of fused-ring (bicyclic) bond motifs is 7. The first-order valence-corrected chi connectivity index (χ1v) is 21.3. The molecule has 7 aliphatic rings. The molecule has 57 heavy (non-hydrogen) atoms. The van der Waals surface area contributed by atoms with Gasteiger partial charge in [-0.05, 0) is 69.5 Å². The fourth-order valence-electron chi connectivity index (χ4n) is 8.78. The van der Waals surface area contributed by atoms with Crippen LogP contribution in [-0.4, -0.2) is 66.9 Å². The number of aryl methyl sites for hydroxylation is 2. The molecule has 4 aromatic rings. The van der Waals surface area contributed by atoms with Crippen molar-refractivity contribution in [2.24, 2.45) is 4.99 Å². The van der Waals surface area contributed by atoms with Crippen LogP contribution in [0, 0.1) is 6.92 Å². The summed E-state index contributed by atoms with van der Waals surface area (Å²) in [4.78, 5) is 43.6. The molecular weight excluding hydrogens is 765 g/mol. The summed E-state index contributed by atoms with van der Waals surface area (Å²) in [5.74, 6) is 1.36. The molecule has 0 radical (unpaired) electrons. The van der Waals surface area contributed by atoms with Crippen LogP contribution in [0.4, 0.5) is 11.6 Å². The van der Waals surface area contributed by atoms with E-state index in [1.54, 1.807) is 41.5 Å². The van der Waals surface area contributed by atoms with Gasteiger partial charge in [0.1, 0.15) is 39.9 Å².